The summed E-state index contributed by atoms with van der Waals surface area (Å²) >= 11 is 0. The van der Waals surface area contributed by atoms with Crippen LogP contribution in [0.5, 0.6) is 0 Å². The molecule has 0 saturated carbocycles. The van der Waals surface area contributed by atoms with Crippen LogP contribution in [0.25, 0.3) is 0 Å². The molecule has 1 aliphatic heterocycles. The first-order valence-electron chi connectivity index (χ1n) is 7.88. The van der Waals surface area contributed by atoms with Gasteiger partial charge in [-0.05, 0) is 18.6 Å². The van der Waals surface area contributed by atoms with E-state index >= 15 is 0 Å². The Hall–Kier alpha value is -0.800. The monoisotopic (exact) mass is 264 g/mol. The van der Waals surface area contributed by atoms with Crippen molar-refractivity contribution < 1.29 is 4.42 Å². The lowest BCUT2D eigenvalue weighted by Gasteiger charge is -2.34. The molecule has 2 rings (SSSR count). The van der Waals surface area contributed by atoms with Crippen molar-refractivity contribution in [2.45, 2.75) is 52.0 Å². The molecule has 1 atom stereocenters. The van der Waals surface area contributed by atoms with Crippen LogP contribution in [0.15, 0.2) is 16.5 Å². The van der Waals surface area contributed by atoms with E-state index in [1.54, 1.807) is 0 Å². The molecule has 108 valence electrons. The van der Waals surface area contributed by atoms with Crippen molar-refractivity contribution in [1.29, 1.82) is 0 Å². The molecule has 0 unspecified atom stereocenters. The topological polar surface area (TPSA) is 28.4 Å². The van der Waals surface area contributed by atoms with Gasteiger partial charge in [0, 0.05) is 32.6 Å². The Bertz CT molecular complexity index is 355. The maximum Gasteiger partial charge on any atom is 0.121 e. The number of piperazine rings is 1. The first-order chi connectivity index (χ1) is 9.35. The quantitative estimate of drug-likeness (QED) is 0.765. The number of aryl methyl sites for hydroxylation is 1. The molecule has 1 aromatic heterocycles. The van der Waals surface area contributed by atoms with Gasteiger partial charge < -0.3 is 9.73 Å². The van der Waals surface area contributed by atoms with Crippen LogP contribution in [0.2, 0.25) is 0 Å². The lowest BCUT2D eigenvalue weighted by atomic mass is 10.0. The SMILES string of the molecule is CCCCC[C@H](c1ccc(CC)o1)N1CCNCC1. The van der Waals surface area contributed by atoms with Gasteiger partial charge in [-0.25, -0.2) is 0 Å². The Balaban J connectivity index is 2.03. The molecule has 1 aliphatic rings. The van der Waals surface area contributed by atoms with Crippen molar-refractivity contribution in [3.05, 3.63) is 23.7 Å². The van der Waals surface area contributed by atoms with Crippen LogP contribution in [0.4, 0.5) is 0 Å². The van der Waals surface area contributed by atoms with Crippen molar-refractivity contribution in [2.75, 3.05) is 26.2 Å². The molecular weight excluding hydrogens is 236 g/mol. The third-order valence-electron chi connectivity index (χ3n) is 4.03. The van der Waals surface area contributed by atoms with E-state index in [1.165, 1.54) is 31.4 Å². The average molecular weight is 264 g/mol. The van der Waals surface area contributed by atoms with E-state index in [0.29, 0.717) is 6.04 Å². The van der Waals surface area contributed by atoms with Crippen LogP contribution in [-0.2, 0) is 6.42 Å². The van der Waals surface area contributed by atoms with Crippen LogP contribution >= 0.6 is 0 Å². The van der Waals surface area contributed by atoms with Crippen LogP contribution in [0.1, 0.15) is 57.1 Å². The standard InChI is InChI=1S/C16H28N2O/c1-3-5-6-7-15(18-12-10-17-11-13-18)16-9-8-14(4-2)19-16/h8-9,15,17H,3-7,10-13H2,1-2H3/t15-/m1/s1. The Labute approximate surface area is 117 Å². The smallest absolute Gasteiger partial charge is 0.121 e. The summed E-state index contributed by atoms with van der Waals surface area (Å²) in [5, 5.41) is 3.43. The first kappa shape index (κ1) is 14.6. The second-order valence-corrected chi connectivity index (χ2v) is 5.46. The van der Waals surface area contributed by atoms with Crippen LogP contribution in [0, 0.1) is 0 Å². The molecule has 1 aromatic rings. The zero-order chi connectivity index (χ0) is 13.5. The van der Waals surface area contributed by atoms with Gasteiger partial charge in [-0.3, -0.25) is 4.90 Å². The molecule has 1 saturated heterocycles. The van der Waals surface area contributed by atoms with E-state index in [0.717, 1.165) is 38.4 Å². The number of unbranched alkanes of at least 4 members (excludes halogenated alkanes) is 2. The molecule has 0 amide bonds. The average Bonchev–Trinajstić information content (AvgIpc) is 2.93. The molecule has 0 aromatic carbocycles. The van der Waals surface area contributed by atoms with Crippen LogP contribution in [-0.4, -0.2) is 31.1 Å². The molecular formula is C16H28N2O. The highest BCUT2D eigenvalue weighted by Gasteiger charge is 2.24. The fourth-order valence-electron chi connectivity index (χ4n) is 2.85. The van der Waals surface area contributed by atoms with Gasteiger partial charge in [0.1, 0.15) is 11.5 Å². The van der Waals surface area contributed by atoms with Gasteiger partial charge in [-0.15, -0.1) is 0 Å². The van der Waals surface area contributed by atoms with Gasteiger partial charge in [0.05, 0.1) is 6.04 Å². The highest BCUT2D eigenvalue weighted by molar-refractivity contribution is 5.11. The summed E-state index contributed by atoms with van der Waals surface area (Å²) in [4.78, 5) is 2.59. The lowest BCUT2D eigenvalue weighted by Crippen LogP contribution is -2.45. The Morgan fingerprint density at radius 1 is 1.21 bits per heavy atom. The Morgan fingerprint density at radius 3 is 2.63 bits per heavy atom. The minimum atomic E-state index is 0.481. The van der Waals surface area contributed by atoms with Crippen LogP contribution < -0.4 is 5.32 Å². The number of rotatable bonds is 7. The van der Waals surface area contributed by atoms with Gasteiger partial charge in [0.15, 0.2) is 0 Å². The van der Waals surface area contributed by atoms with Gasteiger partial charge in [-0.2, -0.15) is 0 Å². The van der Waals surface area contributed by atoms with Gasteiger partial charge in [0.2, 0.25) is 0 Å². The molecule has 1 N–H and O–H groups in total. The van der Waals surface area contributed by atoms with Crippen molar-refractivity contribution >= 4 is 0 Å². The highest BCUT2D eigenvalue weighted by atomic mass is 16.3. The third kappa shape index (κ3) is 4.08. The maximum absolute atomic E-state index is 6.02. The fourth-order valence-corrected chi connectivity index (χ4v) is 2.85. The molecule has 19 heavy (non-hydrogen) atoms. The normalized spacial score (nSPS) is 18.6. The summed E-state index contributed by atoms with van der Waals surface area (Å²) in [5.41, 5.74) is 0. The van der Waals surface area contributed by atoms with Crippen LogP contribution in [0.3, 0.4) is 0 Å². The Morgan fingerprint density at radius 2 is 2.00 bits per heavy atom. The zero-order valence-electron chi connectivity index (χ0n) is 12.5. The molecule has 2 heterocycles. The molecule has 3 heteroatoms. The van der Waals surface area contributed by atoms with Gasteiger partial charge >= 0.3 is 0 Å². The van der Waals surface area contributed by atoms with Gasteiger partial charge in [0.25, 0.3) is 0 Å². The predicted molar refractivity (Wildman–Crippen MR) is 79.4 cm³/mol. The Kier molecular flexibility index (Phi) is 5.93. The number of nitrogens with zero attached hydrogens (tertiary/aromatic N) is 1. The molecule has 3 nitrogen and oxygen atoms in total. The van der Waals surface area contributed by atoms with E-state index in [1.807, 2.05) is 0 Å². The summed E-state index contributed by atoms with van der Waals surface area (Å²) in [6.45, 7) is 8.90. The summed E-state index contributed by atoms with van der Waals surface area (Å²) in [7, 11) is 0. The van der Waals surface area contributed by atoms with E-state index in [4.69, 9.17) is 4.42 Å². The second-order valence-electron chi connectivity index (χ2n) is 5.46. The minimum Gasteiger partial charge on any atom is -0.464 e. The van der Waals surface area contributed by atoms with Crippen molar-refractivity contribution in [2.24, 2.45) is 0 Å². The molecule has 0 bridgehead atoms. The van der Waals surface area contributed by atoms with Gasteiger partial charge in [-0.1, -0.05) is 33.1 Å². The third-order valence-corrected chi connectivity index (χ3v) is 4.03. The second kappa shape index (κ2) is 7.71. The van der Waals surface area contributed by atoms with E-state index < -0.39 is 0 Å². The fraction of sp³-hybridized carbons (Fsp3) is 0.750. The molecule has 0 radical (unpaired) electrons. The van der Waals surface area contributed by atoms with Crippen molar-refractivity contribution in [3.63, 3.8) is 0 Å². The van der Waals surface area contributed by atoms with Crippen molar-refractivity contribution in [1.82, 2.24) is 10.2 Å². The summed E-state index contributed by atoms with van der Waals surface area (Å²) in [6.07, 6.45) is 6.12. The summed E-state index contributed by atoms with van der Waals surface area (Å²) in [5.74, 6) is 2.29. The molecule has 1 fully saturated rings. The number of nitrogens with one attached hydrogen (secondary N) is 1. The summed E-state index contributed by atoms with van der Waals surface area (Å²) in [6, 6.07) is 4.82. The van der Waals surface area contributed by atoms with E-state index in [9.17, 15) is 0 Å². The number of hydrogen-bond acceptors (Lipinski definition) is 3. The number of hydrogen-bond donors (Lipinski definition) is 1. The lowest BCUT2D eigenvalue weighted by molar-refractivity contribution is 0.143. The zero-order valence-corrected chi connectivity index (χ0v) is 12.5. The minimum absolute atomic E-state index is 0.481. The largest absolute Gasteiger partial charge is 0.464 e. The highest BCUT2D eigenvalue weighted by Crippen LogP contribution is 2.28. The number of furan rings is 1. The van der Waals surface area contributed by atoms with E-state index in [-0.39, 0.29) is 0 Å². The van der Waals surface area contributed by atoms with E-state index in [2.05, 4.69) is 36.2 Å². The summed E-state index contributed by atoms with van der Waals surface area (Å²) < 4.78 is 6.02. The first-order valence-corrected chi connectivity index (χ1v) is 7.88. The van der Waals surface area contributed by atoms with Crippen molar-refractivity contribution in [3.8, 4) is 0 Å². The molecule has 0 aliphatic carbocycles. The molecule has 0 spiro atoms. The maximum atomic E-state index is 6.02. The predicted octanol–water partition coefficient (Wildman–Crippen LogP) is 3.37.